The van der Waals surface area contributed by atoms with Gasteiger partial charge in [-0.05, 0) is 61.9 Å². The minimum atomic E-state index is -0.525. The molecule has 0 spiro atoms. The Morgan fingerprint density at radius 2 is 1.60 bits per heavy atom. The Hall–Kier alpha value is -4.59. The van der Waals surface area contributed by atoms with Gasteiger partial charge in [0.05, 0.1) is 15.7 Å². The number of nitriles is 1. The first-order valence-corrected chi connectivity index (χ1v) is 14.0. The third kappa shape index (κ3) is 7.50. The maximum absolute atomic E-state index is 13.0. The smallest absolute Gasteiger partial charge is 0.266 e. The van der Waals surface area contributed by atoms with Crippen molar-refractivity contribution in [3.63, 3.8) is 0 Å². The van der Waals surface area contributed by atoms with Crippen molar-refractivity contribution in [2.45, 2.75) is 24.0 Å². The second-order valence-electron chi connectivity index (χ2n) is 8.62. The van der Waals surface area contributed by atoms with Crippen LogP contribution in [0.3, 0.4) is 0 Å². The van der Waals surface area contributed by atoms with Crippen LogP contribution < -0.4 is 20.7 Å². The molecule has 1 atom stereocenters. The number of thioether (sulfide) groups is 1. The number of ether oxygens (including phenoxy) is 1. The molecule has 40 heavy (non-hydrogen) atoms. The fourth-order valence-corrected chi connectivity index (χ4v) is 5.62. The number of hydrogen-bond donors (Lipinski definition) is 3. The molecule has 0 bridgehead atoms. The number of amides is 3. The van der Waals surface area contributed by atoms with Gasteiger partial charge < -0.3 is 20.7 Å². The zero-order valence-electron chi connectivity index (χ0n) is 21.8. The molecule has 10 heteroatoms. The largest absolute Gasteiger partial charge is 0.484 e. The molecule has 0 saturated heterocycles. The number of anilines is 3. The van der Waals surface area contributed by atoms with E-state index in [4.69, 9.17) is 4.74 Å². The lowest BCUT2D eigenvalue weighted by atomic mass is 10.1. The van der Waals surface area contributed by atoms with Crippen LogP contribution >= 0.6 is 23.1 Å². The summed E-state index contributed by atoms with van der Waals surface area (Å²) in [5, 5.41) is 17.9. The molecule has 3 N–H and O–H groups in total. The number of carbonyl (C=O) groups is 3. The minimum Gasteiger partial charge on any atom is -0.484 e. The molecule has 0 saturated carbocycles. The summed E-state index contributed by atoms with van der Waals surface area (Å²) in [7, 11) is 0. The van der Waals surface area contributed by atoms with Gasteiger partial charge in [-0.2, -0.15) is 5.26 Å². The highest BCUT2D eigenvalue weighted by Crippen LogP contribution is 2.34. The average Bonchev–Trinajstić information content (AvgIpc) is 3.27. The first kappa shape index (κ1) is 28.4. The molecule has 3 aromatic carbocycles. The van der Waals surface area contributed by atoms with Gasteiger partial charge in [0.25, 0.3) is 11.8 Å². The highest BCUT2D eigenvalue weighted by Gasteiger charge is 2.23. The Balaban J connectivity index is 1.36. The maximum Gasteiger partial charge on any atom is 0.266 e. The van der Waals surface area contributed by atoms with Crippen molar-refractivity contribution in [2.75, 3.05) is 22.6 Å². The number of nitrogens with zero attached hydrogens (tertiary/aromatic N) is 1. The Labute approximate surface area is 240 Å². The monoisotopic (exact) mass is 570 g/mol. The fraction of sp³-hybridized carbons (Fsp3) is 0.133. The number of hydrogen-bond acceptors (Lipinski definition) is 7. The van der Waals surface area contributed by atoms with Crippen LogP contribution in [0.25, 0.3) is 0 Å². The lowest BCUT2D eigenvalue weighted by Gasteiger charge is -2.13. The van der Waals surface area contributed by atoms with Gasteiger partial charge in [0, 0.05) is 16.3 Å². The van der Waals surface area contributed by atoms with E-state index in [1.165, 1.54) is 11.8 Å². The Morgan fingerprint density at radius 1 is 0.925 bits per heavy atom. The normalized spacial score (nSPS) is 11.1. The first-order valence-electron chi connectivity index (χ1n) is 12.3. The molecule has 0 aliphatic heterocycles. The van der Waals surface area contributed by atoms with Gasteiger partial charge in [-0.15, -0.1) is 23.1 Å². The number of benzene rings is 3. The Bertz CT molecular complexity index is 1550. The van der Waals surface area contributed by atoms with Crippen LogP contribution in [0.2, 0.25) is 0 Å². The van der Waals surface area contributed by atoms with Gasteiger partial charge in [0.1, 0.15) is 16.8 Å². The second-order valence-corrected chi connectivity index (χ2v) is 11.1. The molecule has 3 amide bonds. The lowest BCUT2D eigenvalue weighted by Crippen LogP contribution is -2.22. The predicted octanol–water partition coefficient (Wildman–Crippen LogP) is 6.32. The van der Waals surface area contributed by atoms with E-state index in [0.29, 0.717) is 32.6 Å². The summed E-state index contributed by atoms with van der Waals surface area (Å²) in [5.74, 6) is -0.364. The molecule has 8 nitrogen and oxygen atoms in total. The molecule has 202 valence electrons. The van der Waals surface area contributed by atoms with E-state index in [1.54, 1.807) is 56.3 Å². The van der Waals surface area contributed by atoms with Gasteiger partial charge in [-0.1, -0.05) is 42.5 Å². The topological polar surface area (TPSA) is 120 Å². The molecule has 1 heterocycles. The van der Waals surface area contributed by atoms with Crippen molar-refractivity contribution in [2.24, 2.45) is 0 Å². The first-order chi connectivity index (χ1) is 19.3. The van der Waals surface area contributed by atoms with Crippen molar-refractivity contribution in [1.82, 2.24) is 0 Å². The van der Waals surface area contributed by atoms with Crippen LogP contribution in [0.15, 0.2) is 89.8 Å². The third-order valence-electron chi connectivity index (χ3n) is 5.65. The average molecular weight is 571 g/mol. The standard InChI is InChI=1S/C30H26N4O4S2/c1-19-25(17-31)30(40-27(19)29(37)33-21-10-5-3-6-11-21)34-28(36)20(2)39-24-15-9-12-22(16-24)32-26(35)18-38-23-13-7-4-8-14-23/h3-16,20H,18H2,1-2H3,(H,32,35)(H,33,37)(H,34,36). The van der Waals surface area contributed by atoms with Crippen molar-refractivity contribution in [1.29, 1.82) is 5.26 Å². The summed E-state index contributed by atoms with van der Waals surface area (Å²) in [4.78, 5) is 39.3. The van der Waals surface area contributed by atoms with E-state index >= 15 is 0 Å². The van der Waals surface area contributed by atoms with Gasteiger partial charge in [0.15, 0.2) is 6.61 Å². The predicted molar refractivity (Wildman–Crippen MR) is 159 cm³/mol. The summed E-state index contributed by atoms with van der Waals surface area (Å²) in [6.07, 6.45) is 0. The van der Waals surface area contributed by atoms with Gasteiger partial charge in [-0.25, -0.2) is 0 Å². The number of thiophene rings is 1. The summed E-state index contributed by atoms with van der Waals surface area (Å²) < 4.78 is 5.48. The SMILES string of the molecule is Cc1c(C(=O)Nc2ccccc2)sc(NC(=O)C(C)Sc2cccc(NC(=O)COc3ccccc3)c2)c1C#N. The quantitative estimate of drug-likeness (QED) is 0.192. The third-order valence-corrected chi connectivity index (χ3v) is 7.95. The van der Waals surface area contributed by atoms with Crippen LogP contribution in [0, 0.1) is 18.3 Å². The van der Waals surface area contributed by atoms with E-state index < -0.39 is 5.25 Å². The van der Waals surface area contributed by atoms with E-state index in [2.05, 4.69) is 22.0 Å². The summed E-state index contributed by atoms with van der Waals surface area (Å²) >= 11 is 2.37. The van der Waals surface area contributed by atoms with E-state index in [-0.39, 0.29) is 29.9 Å². The highest BCUT2D eigenvalue weighted by atomic mass is 32.2. The van der Waals surface area contributed by atoms with Gasteiger partial charge in [-0.3, -0.25) is 14.4 Å². The summed E-state index contributed by atoms with van der Waals surface area (Å²) in [6, 6.07) is 27.3. The molecule has 0 aliphatic rings. The van der Waals surface area contributed by atoms with Crippen molar-refractivity contribution in [3.8, 4) is 11.8 Å². The number of carbonyl (C=O) groups excluding carboxylic acids is 3. The Kier molecular flexibility index (Phi) is 9.57. The maximum atomic E-state index is 13.0. The number of para-hydroxylation sites is 2. The highest BCUT2D eigenvalue weighted by molar-refractivity contribution is 8.00. The number of rotatable bonds is 10. The lowest BCUT2D eigenvalue weighted by molar-refractivity contribution is -0.118. The summed E-state index contributed by atoms with van der Waals surface area (Å²) in [6.45, 7) is 3.30. The van der Waals surface area contributed by atoms with Crippen molar-refractivity contribution in [3.05, 3.63) is 101 Å². The van der Waals surface area contributed by atoms with Crippen molar-refractivity contribution >= 4 is 57.2 Å². The van der Waals surface area contributed by atoms with E-state index in [9.17, 15) is 19.6 Å². The molecule has 0 aliphatic carbocycles. The fourth-order valence-electron chi connectivity index (χ4n) is 3.64. The zero-order chi connectivity index (χ0) is 28.5. The Morgan fingerprint density at radius 3 is 2.30 bits per heavy atom. The minimum absolute atomic E-state index is 0.132. The molecule has 4 aromatic rings. The van der Waals surface area contributed by atoms with Crippen LogP contribution in [-0.4, -0.2) is 29.6 Å². The van der Waals surface area contributed by atoms with Crippen LogP contribution in [0.5, 0.6) is 5.75 Å². The van der Waals surface area contributed by atoms with E-state index in [1.807, 2.05) is 42.5 Å². The molecule has 0 fully saturated rings. The second kappa shape index (κ2) is 13.5. The number of nitrogens with one attached hydrogen (secondary N) is 3. The van der Waals surface area contributed by atoms with Gasteiger partial charge in [0.2, 0.25) is 5.91 Å². The van der Waals surface area contributed by atoms with Crippen molar-refractivity contribution < 1.29 is 19.1 Å². The molecule has 4 rings (SSSR count). The molecule has 1 unspecified atom stereocenters. The van der Waals surface area contributed by atoms with E-state index in [0.717, 1.165) is 16.2 Å². The molecule has 0 radical (unpaired) electrons. The molecular weight excluding hydrogens is 544 g/mol. The zero-order valence-corrected chi connectivity index (χ0v) is 23.4. The molecule has 1 aromatic heterocycles. The van der Waals surface area contributed by atoms with Crippen LogP contribution in [0.4, 0.5) is 16.4 Å². The van der Waals surface area contributed by atoms with Crippen LogP contribution in [0.1, 0.15) is 27.7 Å². The summed E-state index contributed by atoms with van der Waals surface area (Å²) in [5.41, 5.74) is 1.98. The molecular formula is C30H26N4O4S2. The van der Waals surface area contributed by atoms with Gasteiger partial charge >= 0.3 is 0 Å². The van der Waals surface area contributed by atoms with Crippen LogP contribution in [-0.2, 0) is 9.59 Å².